The monoisotopic (exact) mass is 521 g/mol. The number of nitrogens with one attached hydrogen (secondary N) is 3. The topological polar surface area (TPSA) is 125 Å². The van der Waals surface area contributed by atoms with Crippen molar-refractivity contribution < 1.29 is 23.1 Å². The molecule has 10 heteroatoms. The Kier molecular flexibility index (Phi) is 9.71. The van der Waals surface area contributed by atoms with Crippen LogP contribution < -0.4 is 15.4 Å². The maximum absolute atomic E-state index is 12.8. The number of amides is 2. The summed E-state index contributed by atoms with van der Waals surface area (Å²) in [6.45, 7) is 1.39. The number of halogens is 1. The zero-order chi connectivity index (χ0) is 23.6. The van der Waals surface area contributed by atoms with E-state index in [0.717, 1.165) is 5.56 Å². The van der Waals surface area contributed by atoms with Gasteiger partial charge in [0.05, 0.1) is 0 Å². The van der Waals surface area contributed by atoms with Gasteiger partial charge in [-0.15, -0.1) is 0 Å². The van der Waals surface area contributed by atoms with Gasteiger partial charge >= 0.3 is 0 Å². The summed E-state index contributed by atoms with van der Waals surface area (Å²) in [5.41, 5.74) is 1.63. The van der Waals surface area contributed by atoms with Crippen LogP contribution in [0, 0.1) is 10.8 Å². The Bertz CT molecular complexity index is 1080. The highest BCUT2D eigenvalue weighted by Gasteiger charge is 2.29. The van der Waals surface area contributed by atoms with Crippen LogP contribution in [0.2, 0.25) is 0 Å². The van der Waals surface area contributed by atoms with E-state index < -0.39 is 33.3 Å². The number of phenols is 1. The molecule has 2 amide bonds. The van der Waals surface area contributed by atoms with E-state index in [-0.39, 0.29) is 18.7 Å². The minimum atomic E-state index is -4.02. The molecule has 4 N–H and O–H groups in total. The molecular formula is C22H24BrN3O5S. The molecule has 2 rings (SSSR count). The van der Waals surface area contributed by atoms with Crippen LogP contribution in [-0.2, 0) is 32.5 Å². The standard InChI is InChI=1S/C22H24BrN3O5S/c1-16(27)25-20(15-18-7-9-19(28)10-8-18)22(29)26-21(11-13-23)32(30,31)24-14-12-17-5-3-2-4-6-17/h2-10,20-21,24,28H,12,14-15H2,1H3,(H,25,27)(H,26,29). The Labute approximate surface area is 196 Å². The van der Waals surface area contributed by atoms with E-state index in [1.807, 2.05) is 30.3 Å². The van der Waals surface area contributed by atoms with Gasteiger partial charge in [-0.25, -0.2) is 13.1 Å². The summed E-state index contributed by atoms with van der Waals surface area (Å²) in [5, 5.41) is 12.8. The number of carbonyl (C=O) groups is 2. The highest BCUT2D eigenvalue weighted by molar-refractivity contribution is 9.12. The average molecular weight is 522 g/mol. The number of benzene rings is 2. The van der Waals surface area contributed by atoms with Gasteiger partial charge in [-0.05, 0) is 40.4 Å². The van der Waals surface area contributed by atoms with Crippen LogP contribution >= 0.6 is 15.9 Å². The maximum atomic E-state index is 12.8. The third-order valence-corrected chi connectivity index (χ3v) is 6.09. The molecule has 0 aliphatic carbocycles. The number of aromatic hydroxyl groups is 1. The van der Waals surface area contributed by atoms with Crippen molar-refractivity contribution in [2.24, 2.45) is 0 Å². The summed E-state index contributed by atoms with van der Waals surface area (Å²) in [6.07, 6.45) is 0.569. The number of rotatable bonds is 10. The van der Waals surface area contributed by atoms with E-state index in [1.54, 1.807) is 12.1 Å². The highest BCUT2D eigenvalue weighted by atomic mass is 79.9. The van der Waals surface area contributed by atoms with Crippen molar-refractivity contribution >= 4 is 37.8 Å². The van der Waals surface area contributed by atoms with Gasteiger partial charge in [0.25, 0.3) is 0 Å². The van der Waals surface area contributed by atoms with Crippen LogP contribution in [0.3, 0.4) is 0 Å². The smallest absolute Gasteiger partial charge is 0.244 e. The average Bonchev–Trinajstić information content (AvgIpc) is 2.74. The van der Waals surface area contributed by atoms with E-state index in [1.165, 1.54) is 19.1 Å². The van der Waals surface area contributed by atoms with E-state index >= 15 is 0 Å². The van der Waals surface area contributed by atoms with Crippen molar-refractivity contribution in [3.8, 4) is 16.5 Å². The Morgan fingerprint density at radius 1 is 1.03 bits per heavy atom. The number of carbonyl (C=O) groups excluding carboxylic acids is 2. The lowest BCUT2D eigenvalue weighted by molar-refractivity contribution is -0.128. The Morgan fingerprint density at radius 3 is 2.28 bits per heavy atom. The van der Waals surface area contributed by atoms with Gasteiger partial charge in [-0.3, -0.25) is 9.59 Å². The predicted molar refractivity (Wildman–Crippen MR) is 125 cm³/mol. The zero-order valence-electron chi connectivity index (χ0n) is 17.3. The zero-order valence-corrected chi connectivity index (χ0v) is 19.7. The molecule has 2 unspecified atom stereocenters. The first-order valence-corrected chi connectivity index (χ1v) is 12.0. The lowest BCUT2D eigenvalue weighted by atomic mass is 10.0. The first-order valence-electron chi connectivity index (χ1n) is 9.70. The fourth-order valence-electron chi connectivity index (χ4n) is 2.86. The maximum Gasteiger partial charge on any atom is 0.244 e. The molecule has 0 aliphatic rings. The van der Waals surface area contributed by atoms with Crippen LogP contribution in [0.15, 0.2) is 54.6 Å². The second-order valence-electron chi connectivity index (χ2n) is 6.93. The Morgan fingerprint density at radius 2 is 1.69 bits per heavy atom. The first kappa shape index (κ1) is 25.4. The van der Waals surface area contributed by atoms with Gasteiger partial charge in [-0.1, -0.05) is 42.5 Å². The van der Waals surface area contributed by atoms with E-state index in [2.05, 4.69) is 42.0 Å². The molecule has 0 saturated heterocycles. The van der Waals surface area contributed by atoms with Crippen molar-refractivity contribution in [2.45, 2.75) is 31.2 Å². The fraction of sp³-hybridized carbons (Fsp3) is 0.273. The summed E-state index contributed by atoms with van der Waals surface area (Å²) >= 11 is 2.88. The lowest BCUT2D eigenvalue weighted by Crippen LogP contribution is -2.53. The van der Waals surface area contributed by atoms with Crippen molar-refractivity contribution in [2.75, 3.05) is 6.54 Å². The number of sulfonamides is 1. The third kappa shape index (κ3) is 8.34. The lowest BCUT2D eigenvalue weighted by Gasteiger charge is -2.21. The summed E-state index contributed by atoms with van der Waals surface area (Å²) in [7, 11) is -4.02. The quantitative estimate of drug-likeness (QED) is 0.351. The number of hydrogen-bond donors (Lipinski definition) is 4. The van der Waals surface area contributed by atoms with Gasteiger partial charge < -0.3 is 15.7 Å². The second-order valence-corrected chi connectivity index (χ2v) is 9.17. The number of hydrogen-bond acceptors (Lipinski definition) is 5. The second kappa shape index (κ2) is 12.2. The molecule has 8 nitrogen and oxygen atoms in total. The van der Waals surface area contributed by atoms with Crippen molar-refractivity contribution in [3.63, 3.8) is 0 Å². The van der Waals surface area contributed by atoms with E-state index in [9.17, 15) is 23.1 Å². The van der Waals surface area contributed by atoms with Crippen LogP contribution in [-0.4, -0.2) is 43.3 Å². The minimum absolute atomic E-state index is 0.0645. The van der Waals surface area contributed by atoms with Crippen LogP contribution in [0.1, 0.15) is 18.1 Å². The molecule has 0 aromatic heterocycles. The molecule has 0 heterocycles. The molecule has 0 spiro atoms. The van der Waals surface area contributed by atoms with Gasteiger partial charge in [0.2, 0.25) is 27.2 Å². The molecule has 0 saturated carbocycles. The van der Waals surface area contributed by atoms with Gasteiger partial charge in [0.1, 0.15) is 11.8 Å². The molecule has 0 radical (unpaired) electrons. The molecular weight excluding hydrogens is 498 g/mol. The fourth-order valence-corrected chi connectivity index (χ4v) is 4.28. The van der Waals surface area contributed by atoms with Gasteiger partial charge in [0, 0.05) is 35.8 Å². The van der Waals surface area contributed by atoms with Crippen molar-refractivity contribution in [1.82, 2.24) is 15.4 Å². The molecule has 2 aromatic rings. The van der Waals surface area contributed by atoms with Crippen molar-refractivity contribution in [1.29, 1.82) is 0 Å². The third-order valence-electron chi connectivity index (χ3n) is 4.40. The van der Waals surface area contributed by atoms with Crippen LogP contribution in [0.4, 0.5) is 0 Å². The highest BCUT2D eigenvalue weighted by Crippen LogP contribution is 2.12. The summed E-state index contributed by atoms with van der Waals surface area (Å²) in [6, 6.07) is 14.4. The SMILES string of the molecule is CC(=O)NC(Cc1ccc(O)cc1)C(=O)NC(C#CBr)S(=O)(=O)NCCc1ccccc1. The Balaban J connectivity index is 2.09. The minimum Gasteiger partial charge on any atom is -0.508 e. The largest absolute Gasteiger partial charge is 0.508 e. The van der Waals surface area contributed by atoms with Crippen LogP contribution in [0.5, 0.6) is 5.75 Å². The van der Waals surface area contributed by atoms with E-state index in [4.69, 9.17) is 0 Å². The first-order chi connectivity index (χ1) is 15.2. The molecule has 0 aliphatic heterocycles. The molecule has 2 atom stereocenters. The van der Waals surface area contributed by atoms with Crippen LogP contribution in [0.25, 0.3) is 0 Å². The van der Waals surface area contributed by atoms with Crippen molar-refractivity contribution in [3.05, 3.63) is 65.7 Å². The molecule has 0 bridgehead atoms. The van der Waals surface area contributed by atoms with Gasteiger partial charge in [0.15, 0.2) is 0 Å². The van der Waals surface area contributed by atoms with E-state index in [0.29, 0.717) is 12.0 Å². The summed E-state index contributed by atoms with van der Waals surface area (Å²) < 4.78 is 27.9. The molecule has 0 fully saturated rings. The molecule has 2 aromatic carbocycles. The number of phenolic OH excluding ortho intramolecular Hbond substituents is 1. The molecule has 32 heavy (non-hydrogen) atoms. The normalized spacial score (nSPS) is 12.7. The predicted octanol–water partition coefficient (Wildman–Crippen LogP) is 1.40. The molecule has 170 valence electrons. The summed E-state index contributed by atoms with van der Waals surface area (Å²) in [5.74, 6) is 1.33. The van der Waals surface area contributed by atoms with Gasteiger partial charge in [-0.2, -0.15) is 0 Å². The summed E-state index contributed by atoms with van der Waals surface area (Å²) in [4.78, 5) is 26.8. The Hall–Kier alpha value is -2.87.